The number of ether oxygens (including phenoxy) is 2. The smallest absolute Gasteiger partial charge is 0.251 e. The number of rotatable bonds is 5. The molecule has 0 bridgehead atoms. The molecule has 0 aliphatic carbocycles. The van der Waals surface area contributed by atoms with Gasteiger partial charge in [0.15, 0.2) is 11.5 Å². The van der Waals surface area contributed by atoms with Crippen molar-refractivity contribution in [3.63, 3.8) is 0 Å². The predicted molar refractivity (Wildman–Crippen MR) is 87.9 cm³/mol. The minimum atomic E-state index is -0.396. The molecular formula is C18H17FN2O4. The lowest BCUT2D eigenvalue weighted by Gasteiger charge is -2.14. The van der Waals surface area contributed by atoms with Crippen LogP contribution in [0.5, 0.6) is 11.5 Å². The Bertz CT molecular complexity index is 809. The fourth-order valence-electron chi connectivity index (χ4n) is 2.45. The van der Waals surface area contributed by atoms with Crippen molar-refractivity contribution < 1.29 is 23.5 Å². The van der Waals surface area contributed by atoms with E-state index in [1.54, 1.807) is 37.3 Å². The molecule has 1 unspecified atom stereocenters. The molecule has 130 valence electrons. The second kappa shape index (κ2) is 7.21. The van der Waals surface area contributed by atoms with Crippen molar-refractivity contribution >= 4 is 11.8 Å². The normalized spacial score (nSPS) is 13.2. The maximum absolute atomic E-state index is 13.2. The summed E-state index contributed by atoms with van der Waals surface area (Å²) >= 11 is 0. The Morgan fingerprint density at radius 3 is 2.76 bits per heavy atom. The molecule has 0 saturated carbocycles. The van der Waals surface area contributed by atoms with Crippen molar-refractivity contribution in [3.8, 4) is 11.5 Å². The average molecular weight is 344 g/mol. The molecule has 2 aromatic carbocycles. The van der Waals surface area contributed by atoms with Gasteiger partial charge >= 0.3 is 0 Å². The van der Waals surface area contributed by atoms with E-state index in [0.717, 1.165) is 0 Å². The molecule has 0 spiro atoms. The van der Waals surface area contributed by atoms with Crippen molar-refractivity contribution in [1.29, 1.82) is 0 Å². The highest BCUT2D eigenvalue weighted by molar-refractivity contribution is 5.97. The maximum atomic E-state index is 13.2. The summed E-state index contributed by atoms with van der Waals surface area (Å²) in [5, 5.41) is 5.24. The lowest BCUT2D eigenvalue weighted by atomic mass is 10.1. The number of hydrogen-bond donors (Lipinski definition) is 2. The van der Waals surface area contributed by atoms with E-state index in [1.165, 1.54) is 12.1 Å². The molecule has 0 radical (unpaired) electrons. The number of nitrogens with one attached hydrogen (secondary N) is 2. The van der Waals surface area contributed by atoms with Crippen molar-refractivity contribution in [3.05, 3.63) is 59.4 Å². The van der Waals surface area contributed by atoms with Gasteiger partial charge in [0.2, 0.25) is 12.7 Å². The third-order valence-corrected chi connectivity index (χ3v) is 3.77. The molecule has 2 aromatic rings. The van der Waals surface area contributed by atoms with Crippen LogP contribution in [0, 0.1) is 5.82 Å². The van der Waals surface area contributed by atoms with Crippen molar-refractivity contribution in [1.82, 2.24) is 10.6 Å². The minimum absolute atomic E-state index is 0.126. The van der Waals surface area contributed by atoms with Gasteiger partial charge in [-0.15, -0.1) is 0 Å². The van der Waals surface area contributed by atoms with E-state index in [-0.39, 0.29) is 31.1 Å². The lowest BCUT2D eigenvalue weighted by molar-refractivity contribution is -0.120. The molecule has 3 rings (SSSR count). The number of hydrogen-bond acceptors (Lipinski definition) is 4. The number of carbonyl (C=O) groups is 2. The fourth-order valence-corrected chi connectivity index (χ4v) is 2.45. The monoisotopic (exact) mass is 344 g/mol. The highest BCUT2D eigenvalue weighted by Gasteiger charge is 2.17. The van der Waals surface area contributed by atoms with Gasteiger partial charge in [0, 0.05) is 5.56 Å². The second-order valence-electron chi connectivity index (χ2n) is 5.59. The van der Waals surface area contributed by atoms with Gasteiger partial charge in [-0.3, -0.25) is 9.59 Å². The molecule has 0 aromatic heterocycles. The van der Waals surface area contributed by atoms with Crippen LogP contribution in [0.2, 0.25) is 0 Å². The van der Waals surface area contributed by atoms with Crippen LogP contribution in [0.15, 0.2) is 42.5 Å². The zero-order valence-corrected chi connectivity index (χ0v) is 13.5. The molecular weight excluding hydrogens is 327 g/mol. The van der Waals surface area contributed by atoms with Crippen LogP contribution in [0.4, 0.5) is 4.39 Å². The molecule has 25 heavy (non-hydrogen) atoms. The average Bonchev–Trinajstić information content (AvgIpc) is 3.07. The number of amides is 2. The molecule has 2 N–H and O–H groups in total. The SMILES string of the molecule is CC(NC(=O)CNC(=O)c1ccc2c(c1)OCO2)c1cccc(F)c1. The molecule has 7 heteroatoms. The van der Waals surface area contributed by atoms with Crippen LogP contribution in [0.1, 0.15) is 28.9 Å². The van der Waals surface area contributed by atoms with Gasteiger partial charge in [-0.05, 0) is 42.8 Å². The van der Waals surface area contributed by atoms with E-state index in [1.807, 2.05) is 0 Å². The molecule has 1 aliphatic heterocycles. The van der Waals surface area contributed by atoms with Gasteiger partial charge in [0.05, 0.1) is 12.6 Å². The van der Waals surface area contributed by atoms with Crippen molar-refractivity contribution in [2.24, 2.45) is 0 Å². The van der Waals surface area contributed by atoms with Crippen molar-refractivity contribution in [2.75, 3.05) is 13.3 Å². The molecule has 1 atom stereocenters. The van der Waals surface area contributed by atoms with Crippen LogP contribution in [0.25, 0.3) is 0 Å². The van der Waals surface area contributed by atoms with Crippen molar-refractivity contribution in [2.45, 2.75) is 13.0 Å². The molecule has 1 aliphatic rings. The number of halogens is 1. The zero-order chi connectivity index (χ0) is 17.8. The first-order chi connectivity index (χ1) is 12.0. The summed E-state index contributed by atoms with van der Waals surface area (Å²) < 4.78 is 23.6. The summed E-state index contributed by atoms with van der Waals surface area (Å²) in [7, 11) is 0. The van der Waals surface area contributed by atoms with Crippen LogP contribution in [0.3, 0.4) is 0 Å². The molecule has 6 nitrogen and oxygen atoms in total. The Kier molecular flexibility index (Phi) is 4.83. The van der Waals surface area contributed by atoms with Gasteiger partial charge in [-0.2, -0.15) is 0 Å². The predicted octanol–water partition coefficient (Wildman–Crippen LogP) is 2.16. The summed E-state index contributed by atoms with van der Waals surface area (Å²) in [6, 6.07) is 10.4. The van der Waals surface area contributed by atoms with E-state index in [9.17, 15) is 14.0 Å². The quantitative estimate of drug-likeness (QED) is 0.871. The molecule has 0 saturated heterocycles. The van der Waals surface area contributed by atoms with E-state index in [2.05, 4.69) is 10.6 Å². The fraction of sp³-hybridized carbons (Fsp3) is 0.222. The summed E-state index contributed by atoms with van der Waals surface area (Å²) in [6.07, 6.45) is 0. The molecule has 1 heterocycles. The second-order valence-corrected chi connectivity index (χ2v) is 5.59. The molecule has 2 amide bonds. The van der Waals surface area contributed by atoms with Gasteiger partial charge in [0.1, 0.15) is 5.82 Å². The zero-order valence-electron chi connectivity index (χ0n) is 13.5. The highest BCUT2D eigenvalue weighted by Crippen LogP contribution is 2.32. The number of benzene rings is 2. The topological polar surface area (TPSA) is 76.7 Å². The maximum Gasteiger partial charge on any atom is 0.251 e. The summed E-state index contributed by atoms with van der Waals surface area (Å²) in [5.41, 5.74) is 1.02. The number of fused-ring (bicyclic) bond motifs is 1. The van der Waals surface area contributed by atoms with E-state index < -0.39 is 5.91 Å². The first-order valence-corrected chi connectivity index (χ1v) is 7.75. The summed E-state index contributed by atoms with van der Waals surface area (Å²) in [5.74, 6) is -0.0533. The standard InChI is InChI=1S/C18H17FN2O4/c1-11(12-3-2-4-14(19)7-12)21-17(22)9-20-18(23)13-5-6-15-16(8-13)25-10-24-15/h2-8,11H,9-10H2,1H3,(H,20,23)(H,21,22). The summed E-state index contributed by atoms with van der Waals surface area (Å²) in [6.45, 7) is 1.68. The largest absolute Gasteiger partial charge is 0.454 e. The van der Waals surface area contributed by atoms with Crippen LogP contribution >= 0.6 is 0 Å². The van der Waals surface area contributed by atoms with Crippen LogP contribution < -0.4 is 20.1 Å². The minimum Gasteiger partial charge on any atom is -0.454 e. The first-order valence-electron chi connectivity index (χ1n) is 7.75. The Morgan fingerprint density at radius 2 is 1.96 bits per heavy atom. The Morgan fingerprint density at radius 1 is 1.16 bits per heavy atom. The Hall–Kier alpha value is -3.09. The van der Waals surface area contributed by atoms with E-state index >= 15 is 0 Å². The lowest BCUT2D eigenvalue weighted by Crippen LogP contribution is -2.38. The Balaban J connectivity index is 1.52. The first kappa shape index (κ1) is 16.8. The van der Waals surface area contributed by atoms with Gasteiger partial charge in [-0.25, -0.2) is 4.39 Å². The third-order valence-electron chi connectivity index (χ3n) is 3.77. The van der Waals surface area contributed by atoms with Gasteiger partial charge in [0.25, 0.3) is 5.91 Å². The van der Waals surface area contributed by atoms with E-state index in [4.69, 9.17) is 9.47 Å². The summed E-state index contributed by atoms with van der Waals surface area (Å²) in [4.78, 5) is 24.1. The van der Waals surface area contributed by atoms with Crippen LogP contribution in [-0.2, 0) is 4.79 Å². The van der Waals surface area contributed by atoms with Crippen LogP contribution in [-0.4, -0.2) is 25.2 Å². The van der Waals surface area contributed by atoms with E-state index in [0.29, 0.717) is 22.6 Å². The molecule has 0 fully saturated rings. The third kappa shape index (κ3) is 4.06. The number of carbonyl (C=O) groups excluding carboxylic acids is 2. The van der Waals surface area contributed by atoms with Gasteiger partial charge in [-0.1, -0.05) is 12.1 Å². The van der Waals surface area contributed by atoms with Gasteiger partial charge < -0.3 is 20.1 Å². The highest BCUT2D eigenvalue weighted by atomic mass is 19.1. The Labute approximate surface area is 143 Å².